The van der Waals surface area contributed by atoms with Crippen molar-refractivity contribution < 1.29 is 14.2 Å². The van der Waals surface area contributed by atoms with E-state index in [4.69, 9.17) is 0 Å². The third-order valence-electron chi connectivity index (χ3n) is 4.58. The third kappa shape index (κ3) is 4.05. The van der Waals surface area contributed by atoms with E-state index in [1.54, 1.807) is 18.2 Å². The molecular weight excluding hydrogens is 471 g/mol. The summed E-state index contributed by atoms with van der Waals surface area (Å²) >= 11 is 3.37. The van der Waals surface area contributed by atoms with Crippen molar-refractivity contribution >= 4 is 27.3 Å². The Morgan fingerprint density at radius 2 is 1.48 bits per heavy atom. The second-order valence-electron chi connectivity index (χ2n) is 6.53. The molecule has 0 fully saturated rings. The predicted octanol–water partition coefficient (Wildman–Crippen LogP) is 5.92. The van der Waals surface area contributed by atoms with Gasteiger partial charge in [0.2, 0.25) is 0 Å². The number of hydrogen-bond acceptors (Lipinski definition) is 5. The molecule has 0 saturated carbocycles. The quantitative estimate of drug-likeness (QED) is 0.259. The summed E-state index contributed by atoms with van der Waals surface area (Å²) in [6, 6.07) is 18.0. The van der Waals surface area contributed by atoms with E-state index in [9.17, 15) is 24.6 Å². The van der Waals surface area contributed by atoms with Crippen molar-refractivity contribution in [3.63, 3.8) is 0 Å². The molecule has 0 N–H and O–H groups in total. The van der Waals surface area contributed by atoms with Crippen molar-refractivity contribution in [3.05, 3.63) is 103 Å². The highest BCUT2D eigenvalue weighted by atomic mass is 79.9. The van der Waals surface area contributed by atoms with Crippen LogP contribution in [0.4, 0.5) is 15.8 Å². The minimum atomic E-state index is -0.695. The van der Waals surface area contributed by atoms with E-state index in [-0.39, 0.29) is 5.69 Å². The van der Waals surface area contributed by atoms with Crippen molar-refractivity contribution in [3.8, 4) is 28.2 Å². The van der Waals surface area contributed by atoms with Crippen molar-refractivity contribution in [2.45, 2.75) is 0 Å². The second-order valence-corrected chi connectivity index (χ2v) is 7.44. The van der Waals surface area contributed by atoms with E-state index in [0.717, 1.165) is 16.1 Å². The Labute approximate surface area is 183 Å². The normalized spacial score (nSPS) is 10.8. The van der Waals surface area contributed by atoms with Crippen LogP contribution in [0.15, 0.2) is 77.3 Å². The summed E-state index contributed by atoms with van der Waals surface area (Å²) in [5.41, 5.74) is 1.55. The van der Waals surface area contributed by atoms with Crippen LogP contribution in [0.1, 0.15) is 0 Å². The molecule has 31 heavy (non-hydrogen) atoms. The minimum Gasteiger partial charge on any atom is -0.258 e. The van der Waals surface area contributed by atoms with Crippen molar-refractivity contribution in [1.82, 2.24) is 9.78 Å². The van der Waals surface area contributed by atoms with Crippen molar-refractivity contribution in [1.29, 1.82) is 0 Å². The highest BCUT2D eigenvalue weighted by Gasteiger charge is 2.24. The van der Waals surface area contributed by atoms with Crippen LogP contribution in [0, 0.1) is 26.0 Å². The maximum absolute atomic E-state index is 13.3. The van der Waals surface area contributed by atoms with Crippen LogP contribution in [-0.4, -0.2) is 19.6 Å². The van der Waals surface area contributed by atoms with Crippen LogP contribution >= 0.6 is 15.9 Å². The Morgan fingerprint density at radius 1 is 0.839 bits per heavy atom. The fourth-order valence-electron chi connectivity index (χ4n) is 3.10. The number of nitrogens with zero attached hydrogens (tertiary/aromatic N) is 4. The van der Waals surface area contributed by atoms with Gasteiger partial charge in [-0.2, -0.15) is 5.10 Å². The molecule has 0 aliphatic carbocycles. The number of aromatic nitrogens is 2. The number of halogens is 2. The molecule has 0 aliphatic rings. The van der Waals surface area contributed by atoms with Gasteiger partial charge in [-0.1, -0.05) is 28.1 Å². The van der Waals surface area contributed by atoms with Gasteiger partial charge < -0.3 is 0 Å². The number of nitro groups is 2. The van der Waals surface area contributed by atoms with Gasteiger partial charge in [0.25, 0.3) is 5.69 Å². The highest BCUT2D eigenvalue weighted by Crippen LogP contribution is 2.34. The second kappa shape index (κ2) is 8.07. The molecule has 0 atom stereocenters. The van der Waals surface area contributed by atoms with Gasteiger partial charge in [-0.25, -0.2) is 9.07 Å². The maximum atomic E-state index is 13.3. The fraction of sp³-hybridized carbons (Fsp3) is 0. The lowest BCUT2D eigenvalue weighted by Crippen LogP contribution is -2.04. The summed E-state index contributed by atoms with van der Waals surface area (Å²) in [5.74, 6) is -0.401. The molecule has 1 heterocycles. The summed E-state index contributed by atoms with van der Waals surface area (Å²) in [4.78, 5) is 21.4. The largest absolute Gasteiger partial charge is 0.301 e. The van der Waals surface area contributed by atoms with Crippen LogP contribution in [0.25, 0.3) is 28.2 Å². The van der Waals surface area contributed by atoms with Gasteiger partial charge in [0.05, 0.1) is 27.3 Å². The predicted molar refractivity (Wildman–Crippen MR) is 115 cm³/mol. The number of non-ortho nitro benzene ring substituents is 1. The molecule has 1 aromatic heterocycles. The molecule has 0 spiro atoms. The summed E-state index contributed by atoms with van der Waals surface area (Å²) in [5, 5.41) is 27.3. The fourth-order valence-corrected chi connectivity index (χ4v) is 3.37. The van der Waals surface area contributed by atoms with E-state index in [1.807, 2.05) is 24.3 Å². The van der Waals surface area contributed by atoms with Gasteiger partial charge in [-0.15, -0.1) is 0 Å². The van der Waals surface area contributed by atoms with Gasteiger partial charge in [0, 0.05) is 21.7 Å². The maximum Gasteiger partial charge on any atom is 0.301 e. The summed E-state index contributed by atoms with van der Waals surface area (Å²) in [7, 11) is 0. The lowest BCUT2D eigenvalue weighted by Gasteiger charge is -2.08. The standard InChI is InChI=1S/C21H12BrFN4O4/c22-15-5-1-14(2-6-15)20-12-18(13-3-7-16(23)8-4-13)24-25(20)19-10-9-17(26(28)29)11-21(19)27(30)31/h1-12H. The highest BCUT2D eigenvalue weighted by molar-refractivity contribution is 9.10. The average Bonchev–Trinajstić information content (AvgIpc) is 3.19. The molecule has 4 rings (SSSR count). The molecular formula is C21H12BrFN4O4. The van der Waals surface area contributed by atoms with Gasteiger partial charge >= 0.3 is 5.69 Å². The monoisotopic (exact) mass is 482 g/mol. The Morgan fingerprint density at radius 3 is 2.10 bits per heavy atom. The van der Waals surface area contributed by atoms with E-state index < -0.39 is 27.0 Å². The van der Waals surface area contributed by atoms with Gasteiger partial charge in [0.1, 0.15) is 11.5 Å². The topological polar surface area (TPSA) is 104 Å². The van der Waals surface area contributed by atoms with Crippen LogP contribution in [0.5, 0.6) is 0 Å². The average molecular weight is 483 g/mol. The minimum absolute atomic E-state index is 0.0712. The number of nitro benzene ring substituents is 2. The zero-order valence-electron chi connectivity index (χ0n) is 15.6. The number of benzene rings is 3. The van der Waals surface area contributed by atoms with E-state index in [1.165, 1.54) is 28.9 Å². The molecule has 0 bridgehead atoms. The molecule has 154 valence electrons. The first kappa shape index (κ1) is 20.4. The van der Waals surface area contributed by atoms with Crippen molar-refractivity contribution in [2.75, 3.05) is 0 Å². The molecule has 0 amide bonds. The first-order valence-electron chi connectivity index (χ1n) is 8.88. The smallest absolute Gasteiger partial charge is 0.258 e. The Balaban J connectivity index is 1.96. The number of hydrogen-bond donors (Lipinski definition) is 0. The third-order valence-corrected chi connectivity index (χ3v) is 5.11. The number of rotatable bonds is 5. The van der Waals surface area contributed by atoms with Gasteiger partial charge in [-0.05, 0) is 48.5 Å². The first-order chi connectivity index (χ1) is 14.8. The summed E-state index contributed by atoms with van der Waals surface area (Å²) in [6.07, 6.45) is 0. The van der Waals surface area contributed by atoms with Crippen LogP contribution in [-0.2, 0) is 0 Å². The molecule has 0 radical (unpaired) electrons. The molecule has 10 heteroatoms. The Kier molecular flexibility index (Phi) is 5.30. The molecule has 0 unspecified atom stereocenters. The Hall–Kier alpha value is -3.92. The van der Waals surface area contributed by atoms with Crippen molar-refractivity contribution in [2.24, 2.45) is 0 Å². The molecule has 0 aliphatic heterocycles. The van der Waals surface area contributed by atoms with Gasteiger partial charge in [-0.3, -0.25) is 20.2 Å². The zero-order chi connectivity index (χ0) is 22.1. The van der Waals surface area contributed by atoms with E-state index in [0.29, 0.717) is 17.0 Å². The van der Waals surface area contributed by atoms with Crippen LogP contribution < -0.4 is 0 Å². The zero-order valence-corrected chi connectivity index (χ0v) is 17.2. The molecule has 4 aromatic rings. The van der Waals surface area contributed by atoms with E-state index >= 15 is 0 Å². The SMILES string of the molecule is O=[N+]([O-])c1ccc(-n2nc(-c3ccc(F)cc3)cc2-c2ccc(Br)cc2)c([N+](=O)[O-])c1. The molecule has 0 saturated heterocycles. The van der Waals surface area contributed by atoms with Gasteiger partial charge in [0.15, 0.2) is 0 Å². The summed E-state index contributed by atoms with van der Waals surface area (Å²) in [6.45, 7) is 0. The van der Waals surface area contributed by atoms with Crippen LogP contribution in [0.3, 0.4) is 0 Å². The van der Waals surface area contributed by atoms with Crippen LogP contribution in [0.2, 0.25) is 0 Å². The summed E-state index contributed by atoms with van der Waals surface area (Å²) < 4.78 is 15.6. The molecule has 3 aromatic carbocycles. The lowest BCUT2D eigenvalue weighted by molar-refractivity contribution is -0.394. The lowest BCUT2D eigenvalue weighted by atomic mass is 10.1. The first-order valence-corrected chi connectivity index (χ1v) is 9.68. The Bertz CT molecular complexity index is 1300. The van der Waals surface area contributed by atoms with E-state index in [2.05, 4.69) is 21.0 Å². The molecule has 8 nitrogen and oxygen atoms in total.